The Hall–Kier alpha value is -1.40. The molecule has 1 aliphatic heterocycles. The van der Waals surface area contributed by atoms with Crippen molar-refractivity contribution >= 4 is 21.6 Å². The third-order valence-corrected chi connectivity index (χ3v) is 4.07. The van der Waals surface area contributed by atoms with Gasteiger partial charge in [0, 0.05) is 18.7 Å². The lowest BCUT2D eigenvalue weighted by Gasteiger charge is -2.18. The standard InChI is InChI=1S/C13H18N2O3S/c1-9(2)7-13(16)15-6-5-10-8-11(19(14,17)18)3-4-12(10)15/h3-4,8-9H,5-7H2,1-2H3,(H2,14,17,18). The fourth-order valence-electron chi connectivity index (χ4n) is 2.27. The molecule has 0 unspecified atom stereocenters. The molecule has 0 fully saturated rings. The van der Waals surface area contributed by atoms with Gasteiger partial charge in [0.05, 0.1) is 4.90 Å². The van der Waals surface area contributed by atoms with E-state index in [-0.39, 0.29) is 10.8 Å². The monoisotopic (exact) mass is 282 g/mol. The Balaban J connectivity index is 2.30. The molecule has 0 aliphatic carbocycles. The number of carbonyl (C=O) groups excluding carboxylic acids is 1. The lowest BCUT2D eigenvalue weighted by atomic mass is 10.1. The van der Waals surface area contributed by atoms with Gasteiger partial charge in [0.25, 0.3) is 0 Å². The Morgan fingerprint density at radius 3 is 2.68 bits per heavy atom. The maximum Gasteiger partial charge on any atom is 0.238 e. The number of benzene rings is 1. The number of hydrogen-bond acceptors (Lipinski definition) is 3. The number of amides is 1. The first kappa shape index (κ1) is 14.0. The molecule has 0 aromatic heterocycles. The lowest BCUT2D eigenvalue weighted by molar-refractivity contribution is -0.119. The topological polar surface area (TPSA) is 80.5 Å². The van der Waals surface area contributed by atoms with Crippen molar-refractivity contribution in [2.45, 2.75) is 31.6 Å². The van der Waals surface area contributed by atoms with Crippen LogP contribution in [0.25, 0.3) is 0 Å². The minimum atomic E-state index is -3.68. The van der Waals surface area contributed by atoms with Gasteiger partial charge < -0.3 is 4.90 Å². The van der Waals surface area contributed by atoms with Crippen LogP contribution in [-0.2, 0) is 21.2 Å². The van der Waals surface area contributed by atoms with Gasteiger partial charge in [-0.1, -0.05) is 13.8 Å². The quantitative estimate of drug-likeness (QED) is 0.906. The summed E-state index contributed by atoms with van der Waals surface area (Å²) in [5, 5.41) is 5.10. The van der Waals surface area contributed by atoms with E-state index in [1.807, 2.05) is 13.8 Å². The Morgan fingerprint density at radius 1 is 1.42 bits per heavy atom. The van der Waals surface area contributed by atoms with E-state index >= 15 is 0 Å². The van der Waals surface area contributed by atoms with Gasteiger partial charge in [0.1, 0.15) is 0 Å². The number of hydrogen-bond donors (Lipinski definition) is 1. The molecule has 0 saturated carbocycles. The molecule has 5 nitrogen and oxygen atoms in total. The fraction of sp³-hybridized carbons (Fsp3) is 0.462. The molecule has 0 saturated heterocycles. The van der Waals surface area contributed by atoms with Crippen LogP contribution in [-0.4, -0.2) is 20.9 Å². The maximum atomic E-state index is 12.1. The number of rotatable bonds is 3. The van der Waals surface area contributed by atoms with E-state index in [0.717, 1.165) is 11.3 Å². The third kappa shape index (κ3) is 2.96. The average molecular weight is 282 g/mol. The van der Waals surface area contributed by atoms with Crippen LogP contribution in [0.1, 0.15) is 25.8 Å². The number of fused-ring (bicyclic) bond motifs is 1. The highest BCUT2D eigenvalue weighted by atomic mass is 32.2. The van der Waals surface area contributed by atoms with Gasteiger partial charge in [-0.2, -0.15) is 0 Å². The molecule has 104 valence electrons. The molecule has 0 bridgehead atoms. The smallest absolute Gasteiger partial charge is 0.238 e. The van der Waals surface area contributed by atoms with Crippen molar-refractivity contribution in [3.8, 4) is 0 Å². The van der Waals surface area contributed by atoms with Crippen LogP contribution >= 0.6 is 0 Å². The van der Waals surface area contributed by atoms with E-state index in [9.17, 15) is 13.2 Å². The van der Waals surface area contributed by atoms with E-state index in [2.05, 4.69) is 0 Å². The number of anilines is 1. The average Bonchev–Trinajstić information content (AvgIpc) is 2.69. The van der Waals surface area contributed by atoms with E-state index in [1.165, 1.54) is 6.07 Å². The van der Waals surface area contributed by atoms with Crippen LogP contribution in [0.2, 0.25) is 0 Å². The highest BCUT2D eigenvalue weighted by molar-refractivity contribution is 7.89. The molecular formula is C13H18N2O3S. The predicted octanol–water partition coefficient (Wildman–Crippen LogP) is 1.27. The molecule has 1 aromatic carbocycles. The summed E-state index contributed by atoms with van der Waals surface area (Å²) < 4.78 is 22.6. The third-order valence-electron chi connectivity index (χ3n) is 3.16. The highest BCUT2D eigenvalue weighted by Crippen LogP contribution is 2.30. The normalized spacial score (nSPS) is 14.8. The molecule has 0 radical (unpaired) electrons. The van der Waals surface area contributed by atoms with Crippen molar-refractivity contribution < 1.29 is 13.2 Å². The first-order chi connectivity index (χ1) is 8.79. The van der Waals surface area contributed by atoms with E-state index < -0.39 is 10.0 Å². The van der Waals surface area contributed by atoms with Gasteiger partial charge in [0.15, 0.2) is 0 Å². The molecule has 1 aromatic rings. The van der Waals surface area contributed by atoms with Crippen molar-refractivity contribution in [3.05, 3.63) is 23.8 Å². The van der Waals surface area contributed by atoms with E-state index in [4.69, 9.17) is 5.14 Å². The largest absolute Gasteiger partial charge is 0.312 e. The molecule has 0 spiro atoms. The maximum absolute atomic E-state index is 12.1. The summed E-state index contributed by atoms with van der Waals surface area (Å²) in [6, 6.07) is 4.68. The summed E-state index contributed by atoms with van der Waals surface area (Å²) in [5.74, 6) is 0.386. The summed E-state index contributed by atoms with van der Waals surface area (Å²) in [6.07, 6.45) is 1.17. The van der Waals surface area contributed by atoms with Gasteiger partial charge in [-0.25, -0.2) is 13.6 Å². The van der Waals surface area contributed by atoms with Crippen LogP contribution in [0.15, 0.2) is 23.1 Å². The second-order valence-corrected chi connectivity index (χ2v) is 6.79. The Bertz CT molecular complexity index is 608. The van der Waals surface area contributed by atoms with Gasteiger partial charge in [-0.15, -0.1) is 0 Å². The Kier molecular flexibility index (Phi) is 3.64. The Labute approximate surface area is 113 Å². The fourth-order valence-corrected chi connectivity index (χ4v) is 2.84. The van der Waals surface area contributed by atoms with E-state index in [1.54, 1.807) is 17.0 Å². The summed E-state index contributed by atoms with van der Waals surface area (Å²) in [5.41, 5.74) is 1.67. The lowest BCUT2D eigenvalue weighted by Crippen LogP contribution is -2.29. The van der Waals surface area contributed by atoms with Gasteiger partial charge >= 0.3 is 0 Å². The van der Waals surface area contributed by atoms with Gasteiger partial charge in [-0.3, -0.25) is 4.79 Å². The highest BCUT2D eigenvalue weighted by Gasteiger charge is 2.26. The summed E-state index contributed by atoms with van der Waals surface area (Å²) >= 11 is 0. The van der Waals surface area contributed by atoms with Crippen molar-refractivity contribution in [1.29, 1.82) is 0 Å². The minimum absolute atomic E-state index is 0.0807. The first-order valence-electron chi connectivity index (χ1n) is 6.25. The molecule has 1 amide bonds. The van der Waals surface area contributed by atoms with Crippen LogP contribution in [0.3, 0.4) is 0 Å². The summed E-state index contributed by atoms with van der Waals surface area (Å²) in [6.45, 7) is 4.60. The number of nitrogens with zero attached hydrogens (tertiary/aromatic N) is 1. The molecule has 2 N–H and O–H groups in total. The number of primary sulfonamides is 1. The molecular weight excluding hydrogens is 264 g/mol. The first-order valence-corrected chi connectivity index (χ1v) is 7.80. The number of carbonyl (C=O) groups is 1. The van der Waals surface area contributed by atoms with Gasteiger partial charge in [0.2, 0.25) is 15.9 Å². The van der Waals surface area contributed by atoms with Crippen molar-refractivity contribution in [3.63, 3.8) is 0 Å². The second kappa shape index (κ2) is 4.94. The molecule has 1 heterocycles. The zero-order chi connectivity index (χ0) is 14.2. The SMILES string of the molecule is CC(C)CC(=O)N1CCc2cc(S(N)(=O)=O)ccc21. The van der Waals surface area contributed by atoms with Gasteiger partial charge in [-0.05, 0) is 36.1 Å². The minimum Gasteiger partial charge on any atom is -0.312 e. The molecule has 0 atom stereocenters. The molecule has 2 rings (SSSR count). The van der Waals surface area contributed by atoms with Crippen molar-refractivity contribution in [1.82, 2.24) is 0 Å². The number of nitrogens with two attached hydrogens (primary N) is 1. The van der Waals surface area contributed by atoms with Crippen LogP contribution in [0, 0.1) is 5.92 Å². The molecule has 1 aliphatic rings. The number of sulfonamides is 1. The van der Waals surface area contributed by atoms with Crippen molar-refractivity contribution in [2.75, 3.05) is 11.4 Å². The Morgan fingerprint density at radius 2 is 2.11 bits per heavy atom. The van der Waals surface area contributed by atoms with Crippen LogP contribution < -0.4 is 10.0 Å². The van der Waals surface area contributed by atoms with Crippen molar-refractivity contribution in [2.24, 2.45) is 11.1 Å². The van der Waals surface area contributed by atoms with E-state index in [0.29, 0.717) is 25.3 Å². The zero-order valence-corrected chi connectivity index (χ0v) is 11.9. The van der Waals surface area contributed by atoms with Crippen LogP contribution in [0.5, 0.6) is 0 Å². The second-order valence-electron chi connectivity index (χ2n) is 5.23. The molecule has 19 heavy (non-hydrogen) atoms. The predicted molar refractivity (Wildman–Crippen MR) is 73.3 cm³/mol. The zero-order valence-electron chi connectivity index (χ0n) is 11.1. The molecule has 6 heteroatoms. The summed E-state index contributed by atoms with van der Waals surface area (Å²) in [7, 11) is -3.68. The summed E-state index contributed by atoms with van der Waals surface area (Å²) in [4.78, 5) is 13.9. The van der Waals surface area contributed by atoms with Crippen LogP contribution in [0.4, 0.5) is 5.69 Å².